The molecule has 0 aliphatic carbocycles. The summed E-state index contributed by atoms with van der Waals surface area (Å²) in [6.45, 7) is 28.4. The molecular formula is C30H46ClN. The van der Waals surface area contributed by atoms with Crippen LogP contribution in [0.3, 0.4) is 0 Å². The van der Waals surface area contributed by atoms with Gasteiger partial charge in [0.25, 0.3) is 0 Å². The molecule has 0 aromatic heterocycles. The van der Waals surface area contributed by atoms with Crippen LogP contribution in [0.1, 0.15) is 97.8 Å². The van der Waals surface area contributed by atoms with E-state index in [-0.39, 0.29) is 5.54 Å². The number of rotatable bonds is 6. The lowest BCUT2D eigenvalue weighted by Gasteiger charge is -2.15. The predicted octanol–water partition coefficient (Wildman–Crippen LogP) is 9.97. The first kappa shape index (κ1) is 30.2. The summed E-state index contributed by atoms with van der Waals surface area (Å²) in [5.74, 6) is 3.80. The summed E-state index contributed by atoms with van der Waals surface area (Å²) in [6, 6.07) is 19.3. The molecule has 2 heteroatoms. The zero-order chi connectivity index (χ0) is 24.9. The molecule has 0 bridgehead atoms. The van der Waals surface area contributed by atoms with E-state index in [4.69, 9.17) is 18.2 Å². The zero-order valence-corrected chi connectivity index (χ0v) is 22.9. The second-order valence-corrected chi connectivity index (χ2v) is 10.5. The van der Waals surface area contributed by atoms with Gasteiger partial charge in [0.05, 0.1) is 0 Å². The Balaban J connectivity index is 0.000000465. The van der Waals surface area contributed by atoms with Gasteiger partial charge in [0.2, 0.25) is 5.54 Å². The van der Waals surface area contributed by atoms with E-state index in [1.54, 1.807) is 0 Å². The topological polar surface area (TPSA) is 4.36 Å². The number of hydrogen-bond acceptors (Lipinski definition) is 0. The second-order valence-electron chi connectivity index (χ2n) is 10.3. The molecule has 2 unspecified atom stereocenters. The zero-order valence-electron chi connectivity index (χ0n) is 22.1. The summed E-state index contributed by atoms with van der Waals surface area (Å²) < 4.78 is 0. The molecule has 0 saturated heterocycles. The Kier molecular flexibility index (Phi) is 14.3. The average Bonchev–Trinajstić information content (AvgIpc) is 2.79. The van der Waals surface area contributed by atoms with Gasteiger partial charge >= 0.3 is 0 Å². The third-order valence-electron chi connectivity index (χ3n) is 6.69. The molecule has 0 aliphatic heterocycles. The molecule has 2 aromatic rings. The van der Waals surface area contributed by atoms with E-state index >= 15 is 0 Å². The van der Waals surface area contributed by atoms with Crippen LogP contribution in [0.15, 0.2) is 54.6 Å². The molecule has 0 heterocycles. The molecular weight excluding hydrogens is 410 g/mol. The first-order valence-electron chi connectivity index (χ1n) is 12.0. The van der Waals surface area contributed by atoms with Crippen molar-refractivity contribution < 1.29 is 0 Å². The van der Waals surface area contributed by atoms with Crippen molar-refractivity contribution in [3.63, 3.8) is 0 Å². The largest absolute Gasteiger partial charge is 0.311 e. The molecule has 178 valence electrons. The van der Waals surface area contributed by atoms with Crippen molar-refractivity contribution in [2.24, 2.45) is 17.8 Å². The van der Waals surface area contributed by atoms with Crippen molar-refractivity contribution in [2.45, 2.75) is 92.5 Å². The van der Waals surface area contributed by atoms with Gasteiger partial charge in [0, 0.05) is 25.6 Å². The Morgan fingerprint density at radius 3 is 1.41 bits per heavy atom. The number of benzene rings is 2. The van der Waals surface area contributed by atoms with E-state index < -0.39 is 0 Å². The first-order valence-corrected chi connectivity index (χ1v) is 12.5. The van der Waals surface area contributed by atoms with Gasteiger partial charge in [-0.25, -0.2) is 6.57 Å². The number of hydrogen-bond donors (Lipinski definition) is 0. The Morgan fingerprint density at radius 2 is 1.12 bits per heavy atom. The first-order chi connectivity index (χ1) is 14.9. The average molecular weight is 456 g/mol. The molecule has 2 rings (SSSR count). The van der Waals surface area contributed by atoms with Crippen LogP contribution in [0.2, 0.25) is 0 Å². The molecule has 32 heavy (non-hydrogen) atoms. The molecule has 2 aromatic carbocycles. The van der Waals surface area contributed by atoms with E-state index in [9.17, 15) is 0 Å². The maximum absolute atomic E-state index is 6.76. The summed E-state index contributed by atoms with van der Waals surface area (Å²) >= 11 is 5.72. The fourth-order valence-corrected chi connectivity index (χ4v) is 2.74. The third-order valence-corrected chi connectivity index (χ3v) is 6.99. The molecule has 0 aliphatic rings. The third kappa shape index (κ3) is 11.2. The Morgan fingerprint density at radius 1 is 0.719 bits per heavy atom. The van der Waals surface area contributed by atoms with Gasteiger partial charge in [-0.3, -0.25) is 0 Å². The highest BCUT2D eigenvalue weighted by atomic mass is 35.5. The molecule has 0 fully saturated rings. The van der Waals surface area contributed by atoms with Crippen molar-refractivity contribution in [2.75, 3.05) is 0 Å². The number of halogens is 1. The van der Waals surface area contributed by atoms with E-state index in [0.29, 0.717) is 29.6 Å². The van der Waals surface area contributed by atoms with Gasteiger partial charge < -0.3 is 4.85 Å². The Hall–Kier alpha value is -1.78. The minimum Gasteiger partial charge on any atom is -0.311 e. The normalized spacial score (nSPS) is 12.9. The van der Waals surface area contributed by atoms with Crippen molar-refractivity contribution in [1.82, 2.24) is 0 Å². The van der Waals surface area contributed by atoms with Crippen LogP contribution in [0.5, 0.6) is 0 Å². The molecule has 0 amide bonds. The highest BCUT2D eigenvalue weighted by Gasteiger charge is 2.26. The van der Waals surface area contributed by atoms with Crippen molar-refractivity contribution in [3.8, 4) is 0 Å². The van der Waals surface area contributed by atoms with Crippen molar-refractivity contribution >= 4 is 11.6 Å². The maximum atomic E-state index is 6.76. The van der Waals surface area contributed by atoms with Gasteiger partial charge in [-0.05, 0) is 40.4 Å². The lowest BCUT2D eigenvalue weighted by molar-refractivity contribution is 0.437. The van der Waals surface area contributed by atoms with E-state index in [2.05, 4.69) is 115 Å². The highest BCUT2D eigenvalue weighted by Crippen LogP contribution is 2.24. The SMILES string of the molecule is CC(C)C(C)c1ccc(CCl)cc1.CC(C)C(C)c1ccccc1.[C-]#[N+]C(C)(C)C(C)C. The number of nitrogens with zero attached hydrogens (tertiary/aromatic N) is 1. The lowest BCUT2D eigenvalue weighted by Crippen LogP contribution is -2.21. The quantitative estimate of drug-likeness (QED) is 0.301. The van der Waals surface area contributed by atoms with Crippen LogP contribution in [0.25, 0.3) is 4.85 Å². The van der Waals surface area contributed by atoms with Gasteiger partial charge in [0.15, 0.2) is 0 Å². The van der Waals surface area contributed by atoms with Crippen LogP contribution in [0, 0.1) is 24.3 Å². The highest BCUT2D eigenvalue weighted by molar-refractivity contribution is 6.17. The van der Waals surface area contributed by atoms with Crippen LogP contribution in [-0.2, 0) is 5.88 Å². The minimum absolute atomic E-state index is 0.167. The van der Waals surface area contributed by atoms with E-state index in [0.717, 1.165) is 5.92 Å². The summed E-state index contributed by atoms with van der Waals surface area (Å²) in [6.07, 6.45) is 0. The Labute approximate surface area is 204 Å². The fraction of sp³-hybridized carbons (Fsp3) is 0.567. The van der Waals surface area contributed by atoms with Crippen LogP contribution < -0.4 is 0 Å². The van der Waals surface area contributed by atoms with E-state index in [1.807, 2.05) is 13.8 Å². The van der Waals surface area contributed by atoms with E-state index in [1.165, 1.54) is 16.7 Å². The molecule has 0 radical (unpaired) electrons. The van der Waals surface area contributed by atoms with Gasteiger partial charge in [-0.2, -0.15) is 0 Å². The van der Waals surface area contributed by atoms with Gasteiger partial charge in [-0.15, -0.1) is 11.6 Å². The minimum atomic E-state index is -0.167. The van der Waals surface area contributed by atoms with Crippen LogP contribution in [0.4, 0.5) is 0 Å². The smallest absolute Gasteiger partial charge is 0.229 e. The van der Waals surface area contributed by atoms with Crippen LogP contribution in [-0.4, -0.2) is 5.54 Å². The van der Waals surface area contributed by atoms with Gasteiger partial charge in [0.1, 0.15) is 0 Å². The summed E-state index contributed by atoms with van der Waals surface area (Å²) in [4.78, 5) is 3.47. The molecule has 1 nitrogen and oxygen atoms in total. The summed E-state index contributed by atoms with van der Waals surface area (Å²) in [5, 5.41) is 0. The molecule has 2 atom stereocenters. The predicted molar refractivity (Wildman–Crippen MR) is 144 cm³/mol. The number of alkyl halides is 1. The molecule has 0 saturated carbocycles. The fourth-order valence-electron chi connectivity index (χ4n) is 2.57. The summed E-state index contributed by atoms with van der Waals surface area (Å²) in [7, 11) is 0. The lowest BCUT2D eigenvalue weighted by atomic mass is 9.90. The van der Waals surface area contributed by atoms with Gasteiger partial charge in [-0.1, -0.05) is 110 Å². The van der Waals surface area contributed by atoms with Crippen LogP contribution >= 0.6 is 11.6 Å². The maximum Gasteiger partial charge on any atom is 0.229 e. The molecule has 0 N–H and O–H groups in total. The molecule has 0 spiro atoms. The Bertz CT molecular complexity index is 767. The second kappa shape index (κ2) is 15.1. The standard InChI is InChI=1S/C12H17Cl.C11H16.C7H13N/c1-9(2)10(3)12-6-4-11(8-13)5-7-12;1-9(2)10(3)11-7-5-4-6-8-11;1-6(2)7(3,4)8-5/h4-7,9-10H,8H2,1-3H3;4-10H,1-3H3;6H,1-4H3. The summed E-state index contributed by atoms with van der Waals surface area (Å²) in [5.41, 5.74) is 3.88. The monoisotopic (exact) mass is 455 g/mol. The van der Waals surface area contributed by atoms with Crippen molar-refractivity contribution in [1.29, 1.82) is 0 Å². The van der Waals surface area contributed by atoms with Crippen molar-refractivity contribution in [3.05, 3.63) is 82.7 Å².